The van der Waals surface area contributed by atoms with Gasteiger partial charge in [0.2, 0.25) is 0 Å². The van der Waals surface area contributed by atoms with Crippen LogP contribution in [0, 0.1) is 0 Å². The van der Waals surface area contributed by atoms with Crippen LogP contribution in [0.5, 0.6) is 11.5 Å². The number of carbonyl (C=O) groups is 2. The Labute approximate surface area is 149 Å². The monoisotopic (exact) mass is 362 g/mol. The number of hydrogen-bond acceptors (Lipinski definition) is 7. The van der Waals surface area contributed by atoms with Crippen LogP contribution >= 0.6 is 11.3 Å². The molecule has 7 nitrogen and oxygen atoms in total. The first kappa shape index (κ1) is 18.5. The van der Waals surface area contributed by atoms with E-state index in [0.717, 1.165) is 0 Å². The van der Waals surface area contributed by atoms with E-state index in [9.17, 15) is 9.59 Å². The van der Waals surface area contributed by atoms with Crippen LogP contribution in [-0.4, -0.2) is 31.5 Å². The minimum Gasteiger partial charge on any atom is -0.490 e. The molecule has 0 unspecified atom stereocenters. The lowest BCUT2D eigenvalue weighted by Crippen LogP contribution is -2.18. The molecule has 0 saturated carbocycles. The number of amides is 1. The van der Waals surface area contributed by atoms with Gasteiger partial charge in [0.25, 0.3) is 0 Å². The van der Waals surface area contributed by atoms with Gasteiger partial charge in [0, 0.05) is 0 Å². The van der Waals surface area contributed by atoms with Crippen LogP contribution in [0.3, 0.4) is 0 Å². The highest BCUT2D eigenvalue weighted by Crippen LogP contribution is 2.29. The summed E-state index contributed by atoms with van der Waals surface area (Å²) >= 11 is 1.30. The van der Waals surface area contributed by atoms with Crippen LogP contribution in [0.1, 0.15) is 29.1 Å². The van der Waals surface area contributed by atoms with Crippen molar-refractivity contribution in [1.82, 2.24) is 5.43 Å². The fraction of sp³-hybridized carbons (Fsp3) is 0.235. The molecule has 0 saturated heterocycles. The minimum atomic E-state index is -0.634. The number of carbonyl (C=O) groups excluding carboxylic acids is 2. The van der Waals surface area contributed by atoms with E-state index in [2.05, 4.69) is 10.5 Å². The summed E-state index contributed by atoms with van der Waals surface area (Å²) in [7, 11) is 0. The molecule has 25 heavy (non-hydrogen) atoms. The van der Waals surface area contributed by atoms with E-state index in [1.165, 1.54) is 17.6 Å². The van der Waals surface area contributed by atoms with Crippen molar-refractivity contribution < 1.29 is 23.8 Å². The third kappa shape index (κ3) is 5.61. The maximum Gasteiger partial charge on any atom is 0.427 e. The Morgan fingerprint density at radius 3 is 2.72 bits per heavy atom. The van der Waals surface area contributed by atoms with E-state index in [1.54, 1.807) is 42.6 Å². The predicted molar refractivity (Wildman–Crippen MR) is 94.6 cm³/mol. The average molecular weight is 362 g/mol. The summed E-state index contributed by atoms with van der Waals surface area (Å²) in [6.07, 6.45) is 0.801. The highest BCUT2D eigenvalue weighted by molar-refractivity contribution is 7.12. The normalized spacial score (nSPS) is 10.5. The summed E-state index contributed by atoms with van der Waals surface area (Å²) in [5, 5.41) is 5.58. The summed E-state index contributed by atoms with van der Waals surface area (Å²) in [4.78, 5) is 23.7. The standard InChI is InChI=1S/C17H18N2O5S/c1-3-22-14-10-12(11-18-19-17(21)23-4-2)7-8-13(14)24-16(20)15-6-5-9-25-15/h5-11H,3-4H2,1-2H3,(H,19,21). The SMILES string of the molecule is CCOC(=O)NN=Cc1ccc(OC(=O)c2cccs2)c(OCC)c1. The number of rotatable bonds is 7. The van der Waals surface area contributed by atoms with Crippen molar-refractivity contribution in [3.05, 3.63) is 46.2 Å². The third-order valence-corrected chi connectivity index (χ3v) is 3.69. The molecule has 2 rings (SSSR count). The van der Waals surface area contributed by atoms with Crippen LogP contribution < -0.4 is 14.9 Å². The van der Waals surface area contributed by atoms with Crippen LogP contribution in [0.2, 0.25) is 0 Å². The van der Waals surface area contributed by atoms with E-state index < -0.39 is 12.1 Å². The largest absolute Gasteiger partial charge is 0.490 e. The van der Waals surface area contributed by atoms with E-state index in [-0.39, 0.29) is 6.61 Å². The second-order valence-corrected chi connectivity index (χ2v) is 5.54. The Hall–Kier alpha value is -2.87. The second-order valence-electron chi connectivity index (χ2n) is 4.60. The predicted octanol–water partition coefficient (Wildman–Crippen LogP) is 3.45. The van der Waals surface area contributed by atoms with E-state index in [1.807, 2.05) is 6.92 Å². The number of esters is 1. The van der Waals surface area contributed by atoms with Gasteiger partial charge >= 0.3 is 12.1 Å². The molecule has 1 heterocycles. The number of ether oxygens (including phenoxy) is 3. The lowest BCUT2D eigenvalue weighted by molar-refractivity contribution is 0.0733. The first-order valence-corrected chi connectivity index (χ1v) is 8.50. The van der Waals surface area contributed by atoms with Gasteiger partial charge in [-0.05, 0) is 49.1 Å². The van der Waals surface area contributed by atoms with Crippen molar-refractivity contribution in [2.45, 2.75) is 13.8 Å². The molecule has 0 aliphatic rings. The van der Waals surface area contributed by atoms with E-state index >= 15 is 0 Å². The Kier molecular flexibility index (Phi) is 6.97. The number of thiophene rings is 1. The molecule has 1 aromatic carbocycles. The Morgan fingerprint density at radius 1 is 1.20 bits per heavy atom. The first-order valence-electron chi connectivity index (χ1n) is 7.62. The summed E-state index contributed by atoms with van der Waals surface area (Å²) in [6, 6.07) is 8.44. The van der Waals surface area contributed by atoms with Crippen LogP contribution in [0.15, 0.2) is 40.8 Å². The van der Waals surface area contributed by atoms with Crippen molar-refractivity contribution in [1.29, 1.82) is 0 Å². The van der Waals surface area contributed by atoms with Crippen molar-refractivity contribution in [2.75, 3.05) is 13.2 Å². The molecule has 0 bridgehead atoms. The van der Waals surface area contributed by atoms with Gasteiger partial charge in [0.15, 0.2) is 11.5 Å². The number of nitrogens with zero attached hydrogens (tertiary/aromatic N) is 1. The van der Waals surface area contributed by atoms with Gasteiger partial charge in [0.1, 0.15) is 4.88 Å². The lowest BCUT2D eigenvalue weighted by atomic mass is 10.2. The zero-order valence-corrected chi connectivity index (χ0v) is 14.7. The molecule has 0 fully saturated rings. The Morgan fingerprint density at radius 2 is 2.04 bits per heavy atom. The number of hydrazone groups is 1. The maximum atomic E-state index is 12.1. The summed E-state index contributed by atoms with van der Waals surface area (Å²) in [5.74, 6) is 0.282. The molecule has 132 valence electrons. The number of nitrogens with one attached hydrogen (secondary N) is 1. The molecule has 0 aliphatic heterocycles. The molecule has 0 spiro atoms. The summed E-state index contributed by atoms with van der Waals surface area (Å²) < 4.78 is 15.6. The molecular formula is C17H18N2O5S. The molecule has 0 radical (unpaired) electrons. The fourth-order valence-electron chi connectivity index (χ4n) is 1.83. The Balaban J connectivity index is 2.09. The van der Waals surface area contributed by atoms with Crippen LogP contribution in [0.4, 0.5) is 4.79 Å². The second kappa shape index (κ2) is 9.43. The average Bonchev–Trinajstić information content (AvgIpc) is 3.12. The molecule has 8 heteroatoms. The van der Waals surface area contributed by atoms with Gasteiger partial charge in [-0.2, -0.15) is 5.10 Å². The fourth-order valence-corrected chi connectivity index (χ4v) is 2.42. The molecule has 1 amide bonds. The highest BCUT2D eigenvalue weighted by atomic mass is 32.1. The lowest BCUT2D eigenvalue weighted by Gasteiger charge is -2.10. The minimum absolute atomic E-state index is 0.264. The van der Waals surface area contributed by atoms with Crippen molar-refractivity contribution in [2.24, 2.45) is 5.10 Å². The molecule has 1 N–H and O–H groups in total. The van der Waals surface area contributed by atoms with Crippen LogP contribution in [0.25, 0.3) is 0 Å². The smallest absolute Gasteiger partial charge is 0.427 e. The first-order chi connectivity index (χ1) is 12.1. The van der Waals surface area contributed by atoms with E-state index in [0.29, 0.717) is 28.5 Å². The highest BCUT2D eigenvalue weighted by Gasteiger charge is 2.13. The molecule has 2 aromatic rings. The quantitative estimate of drug-likeness (QED) is 0.353. The van der Waals surface area contributed by atoms with Gasteiger partial charge in [-0.15, -0.1) is 11.3 Å². The topological polar surface area (TPSA) is 86.2 Å². The van der Waals surface area contributed by atoms with Crippen molar-refractivity contribution >= 4 is 29.6 Å². The van der Waals surface area contributed by atoms with Crippen molar-refractivity contribution in [3.63, 3.8) is 0 Å². The Bertz CT molecular complexity index is 744. The van der Waals surface area contributed by atoms with Gasteiger partial charge in [0.05, 0.1) is 19.4 Å². The van der Waals surface area contributed by atoms with Gasteiger partial charge in [-0.1, -0.05) is 6.07 Å². The van der Waals surface area contributed by atoms with Gasteiger partial charge in [-0.3, -0.25) is 0 Å². The molecular weight excluding hydrogens is 344 g/mol. The number of benzene rings is 1. The molecule has 0 aliphatic carbocycles. The summed E-state index contributed by atoms with van der Waals surface area (Å²) in [6.45, 7) is 4.20. The van der Waals surface area contributed by atoms with Crippen molar-refractivity contribution in [3.8, 4) is 11.5 Å². The maximum absolute atomic E-state index is 12.1. The van der Waals surface area contributed by atoms with Crippen LogP contribution in [-0.2, 0) is 4.74 Å². The molecule has 0 atom stereocenters. The zero-order valence-electron chi connectivity index (χ0n) is 13.9. The summed E-state index contributed by atoms with van der Waals surface area (Å²) in [5.41, 5.74) is 2.90. The third-order valence-electron chi connectivity index (χ3n) is 2.84. The molecule has 1 aromatic heterocycles. The van der Waals surface area contributed by atoms with Gasteiger partial charge in [-0.25, -0.2) is 15.0 Å². The van der Waals surface area contributed by atoms with E-state index in [4.69, 9.17) is 14.2 Å². The van der Waals surface area contributed by atoms with Gasteiger partial charge < -0.3 is 14.2 Å². The zero-order chi connectivity index (χ0) is 18.1. The number of hydrogen-bond donors (Lipinski definition) is 1.